The van der Waals surface area contributed by atoms with Gasteiger partial charge in [0, 0.05) is 24.4 Å². The fourth-order valence-corrected chi connectivity index (χ4v) is 1.54. The van der Waals surface area contributed by atoms with Crippen LogP contribution in [-0.4, -0.2) is 34.1 Å². The van der Waals surface area contributed by atoms with E-state index in [1.807, 2.05) is 10.9 Å². The Labute approximate surface area is 87.0 Å². The van der Waals surface area contributed by atoms with Crippen LogP contribution in [0.2, 0.25) is 0 Å². The first-order valence-corrected chi connectivity index (χ1v) is 4.78. The van der Waals surface area contributed by atoms with Crippen molar-refractivity contribution in [1.29, 1.82) is 0 Å². The second-order valence-corrected chi connectivity index (χ2v) is 3.44. The van der Waals surface area contributed by atoms with Crippen molar-refractivity contribution in [1.82, 2.24) is 9.78 Å². The van der Waals surface area contributed by atoms with Gasteiger partial charge >= 0.3 is 5.97 Å². The van der Waals surface area contributed by atoms with Crippen molar-refractivity contribution < 1.29 is 14.6 Å². The quantitative estimate of drug-likeness (QED) is 0.751. The number of rotatable bonds is 3. The lowest BCUT2D eigenvalue weighted by Crippen LogP contribution is -2.08. The monoisotopic (exact) mass is 208 g/mol. The Hall–Kier alpha value is -1.62. The lowest BCUT2D eigenvalue weighted by molar-refractivity contribution is -0.131. The maximum atomic E-state index is 10.3. The first-order valence-electron chi connectivity index (χ1n) is 4.78. The van der Waals surface area contributed by atoms with Gasteiger partial charge in [0.1, 0.15) is 0 Å². The van der Waals surface area contributed by atoms with Crippen LogP contribution in [0.3, 0.4) is 0 Å². The number of carboxylic acids is 1. The summed E-state index contributed by atoms with van der Waals surface area (Å²) in [5, 5.41) is 12.6. The van der Waals surface area contributed by atoms with Gasteiger partial charge < -0.3 is 9.84 Å². The van der Waals surface area contributed by atoms with Gasteiger partial charge in [0.05, 0.1) is 18.8 Å². The number of hydrogen-bond donors (Lipinski definition) is 1. The Morgan fingerprint density at radius 1 is 1.73 bits per heavy atom. The summed E-state index contributed by atoms with van der Waals surface area (Å²) in [7, 11) is 0. The van der Waals surface area contributed by atoms with E-state index in [2.05, 4.69) is 5.10 Å². The fourth-order valence-electron chi connectivity index (χ4n) is 1.54. The standard InChI is InChI=1S/C10H12N2O3/c13-10(14)2-1-8-5-11-12(6-8)9-3-4-15-7-9/h1-2,5-6,9H,3-4,7H2,(H,13,14)/b2-1+/t9-/m1/s1. The minimum absolute atomic E-state index is 0.289. The molecule has 0 unspecified atom stereocenters. The van der Waals surface area contributed by atoms with Crippen LogP contribution < -0.4 is 0 Å². The maximum Gasteiger partial charge on any atom is 0.328 e. The zero-order chi connectivity index (χ0) is 10.7. The summed E-state index contributed by atoms with van der Waals surface area (Å²) in [4.78, 5) is 10.3. The van der Waals surface area contributed by atoms with Gasteiger partial charge in [0.25, 0.3) is 0 Å². The van der Waals surface area contributed by atoms with E-state index >= 15 is 0 Å². The molecule has 5 nitrogen and oxygen atoms in total. The Bertz CT molecular complexity index is 378. The number of aromatic nitrogens is 2. The number of nitrogens with zero attached hydrogens (tertiary/aromatic N) is 2. The summed E-state index contributed by atoms with van der Waals surface area (Å²) in [5.74, 6) is -0.952. The van der Waals surface area contributed by atoms with Crippen molar-refractivity contribution in [2.75, 3.05) is 13.2 Å². The van der Waals surface area contributed by atoms with E-state index in [9.17, 15) is 4.79 Å². The van der Waals surface area contributed by atoms with E-state index in [1.165, 1.54) is 6.08 Å². The molecule has 1 aliphatic rings. The summed E-state index contributed by atoms with van der Waals surface area (Å²) < 4.78 is 7.07. The zero-order valence-corrected chi connectivity index (χ0v) is 8.17. The molecule has 5 heteroatoms. The summed E-state index contributed by atoms with van der Waals surface area (Å²) in [6.45, 7) is 1.45. The van der Waals surface area contributed by atoms with Crippen LogP contribution in [0.5, 0.6) is 0 Å². The summed E-state index contributed by atoms with van der Waals surface area (Å²) >= 11 is 0. The van der Waals surface area contributed by atoms with Crippen molar-refractivity contribution in [3.8, 4) is 0 Å². The topological polar surface area (TPSA) is 64.3 Å². The summed E-state index contributed by atoms with van der Waals surface area (Å²) in [6, 6.07) is 0.289. The van der Waals surface area contributed by atoms with Crippen LogP contribution >= 0.6 is 0 Å². The fraction of sp³-hybridized carbons (Fsp3) is 0.400. The molecule has 1 aromatic heterocycles. The molecule has 80 valence electrons. The molecule has 1 atom stereocenters. The highest BCUT2D eigenvalue weighted by molar-refractivity contribution is 5.85. The zero-order valence-electron chi connectivity index (χ0n) is 8.17. The number of hydrogen-bond acceptors (Lipinski definition) is 3. The van der Waals surface area contributed by atoms with Crippen molar-refractivity contribution in [3.05, 3.63) is 24.0 Å². The molecule has 15 heavy (non-hydrogen) atoms. The van der Waals surface area contributed by atoms with E-state index in [-0.39, 0.29) is 6.04 Å². The van der Waals surface area contributed by atoms with E-state index < -0.39 is 5.97 Å². The molecule has 0 spiro atoms. The van der Waals surface area contributed by atoms with Crippen molar-refractivity contribution in [3.63, 3.8) is 0 Å². The predicted octanol–water partition coefficient (Wildman–Crippen LogP) is 0.942. The van der Waals surface area contributed by atoms with Gasteiger partial charge in [-0.15, -0.1) is 0 Å². The highest BCUT2D eigenvalue weighted by Crippen LogP contribution is 2.18. The molecule has 0 amide bonds. The van der Waals surface area contributed by atoms with Gasteiger partial charge in [-0.05, 0) is 12.5 Å². The molecular formula is C10H12N2O3. The van der Waals surface area contributed by atoms with Gasteiger partial charge in [-0.25, -0.2) is 4.79 Å². The van der Waals surface area contributed by atoms with E-state index in [1.54, 1.807) is 6.20 Å². The highest BCUT2D eigenvalue weighted by Gasteiger charge is 2.17. The molecule has 2 heterocycles. The second-order valence-electron chi connectivity index (χ2n) is 3.44. The summed E-state index contributed by atoms with van der Waals surface area (Å²) in [5.41, 5.74) is 0.796. The third-order valence-corrected chi connectivity index (χ3v) is 2.32. The third kappa shape index (κ3) is 2.44. The van der Waals surface area contributed by atoms with Gasteiger partial charge in [0.15, 0.2) is 0 Å². The van der Waals surface area contributed by atoms with Gasteiger partial charge in [-0.2, -0.15) is 5.10 Å². The lowest BCUT2D eigenvalue weighted by atomic mass is 10.2. The molecule has 0 saturated carbocycles. The molecule has 0 radical (unpaired) electrons. The molecule has 1 saturated heterocycles. The molecule has 0 aromatic carbocycles. The molecule has 1 N–H and O–H groups in total. The van der Waals surface area contributed by atoms with Crippen LogP contribution in [0.1, 0.15) is 18.0 Å². The SMILES string of the molecule is O=C(O)/C=C/c1cnn([C@@H]2CCOC2)c1. The number of carbonyl (C=O) groups is 1. The van der Waals surface area contributed by atoms with E-state index in [0.29, 0.717) is 6.61 Å². The number of carboxylic acid groups (broad SMARTS) is 1. The van der Waals surface area contributed by atoms with Crippen LogP contribution in [0.15, 0.2) is 18.5 Å². The Morgan fingerprint density at radius 3 is 3.27 bits per heavy atom. The average molecular weight is 208 g/mol. The molecular weight excluding hydrogens is 196 g/mol. The first-order chi connectivity index (χ1) is 7.25. The van der Waals surface area contributed by atoms with E-state index in [0.717, 1.165) is 24.7 Å². The lowest BCUT2D eigenvalue weighted by Gasteiger charge is -2.06. The molecule has 0 aliphatic carbocycles. The maximum absolute atomic E-state index is 10.3. The highest BCUT2D eigenvalue weighted by atomic mass is 16.5. The normalized spacial score (nSPS) is 21.2. The Kier molecular flexibility index (Phi) is 2.82. The van der Waals surface area contributed by atoms with Crippen molar-refractivity contribution >= 4 is 12.0 Å². The summed E-state index contributed by atoms with van der Waals surface area (Å²) in [6.07, 6.45) is 7.08. The molecule has 2 rings (SSSR count). The Morgan fingerprint density at radius 2 is 2.60 bits per heavy atom. The molecule has 1 aromatic rings. The van der Waals surface area contributed by atoms with Crippen molar-refractivity contribution in [2.24, 2.45) is 0 Å². The van der Waals surface area contributed by atoms with Crippen molar-refractivity contribution in [2.45, 2.75) is 12.5 Å². The van der Waals surface area contributed by atoms with Crippen LogP contribution in [0, 0.1) is 0 Å². The smallest absolute Gasteiger partial charge is 0.328 e. The molecule has 1 fully saturated rings. The van der Waals surface area contributed by atoms with Gasteiger partial charge in [-0.3, -0.25) is 4.68 Å². The number of ether oxygens (including phenoxy) is 1. The van der Waals surface area contributed by atoms with E-state index in [4.69, 9.17) is 9.84 Å². The molecule has 1 aliphatic heterocycles. The van der Waals surface area contributed by atoms with Crippen LogP contribution in [0.25, 0.3) is 6.08 Å². The minimum Gasteiger partial charge on any atom is -0.478 e. The van der Waals surface area contributed by atoms with Gasteiger partial charge in [-0.1, -0.05) is 0 Å². The van der Waals surface area contributed by atoms with Crippen LogP contribution in [0.4, 0.5) is 0 Å². The Balaban J connectivity index is 2.06. The molecule has 0 bridgehead atoms. The number of aliphatic carboxylic acids is 1. The third-order valence-electron chi connectivity index (χ3n) is 2.32. The second kappa shape index (κ2) is 4.27. The predicted molar refractivity (Wildman–Crippen MR) is 53.4 cm³/mol. The average Bonchev–Trinajstić information content (AvgIpc) is 2.85. The first kappa shape index (κ1) is 9.92. The van der Waals surface area contributed by atoms with Gasteiger partial charge in [0.2, 0.25) is 0 Å². The van der Waals surface area contributed by atoms with Crippen LogP contribution in [-0.2, 0) is 9.53 Å². The largest absolute Gasteiger partial charge is 0.478 e. The minimum atomic E-state index is -0.952.